The molecule has 0 radical (unpaired) electrons. The van der Waals surface area contributed by atoms with E-state index in [0.29, 0.717) is 10.9 Å². The van der Waals surface area contributed by atoms with E-state index < -0.39 is 0 Å². The molecule has 2 atom stereocenters. The first-order chi connectivity index (χ1) is 5.34. The molecule has 0 saturated carbocycles. The van der Waals surface area contributed by atoms with Gasteiger partial charge in [0.2, 0.25) is 0 Å². The third-order valence-electron chi connectivity index (χ3n) is 2.01. The van der Waals surface area contributed by atoms with Crippen molar-refractivity contribution in [3.8, 4) is 0 Å². The van der Waals surface area contributed by atoms with E-state index in [2.05, 4.69) is 15.9 Å². The number of ether oxygens (including phenoxy) is 1. The number of halogens is 1. The second-order valence-corrected chi connectivity index (χ2v) is 4.11. The minimum atomic E-state index is 0.287. The highest BCUT2D eigenvalue weighted by Gasteiger charge is 2.22. The fraction of sp³-hybridized carbons (Fsp3) is 1.00. The molecule has 0 bridgehead atoms. The molecule has 1 rings (SSSR count). The Balaban J connectivity index is 2.12. The van der Waals surface area contributed by atoms with Crippen LogP contribution in [0.2, 0.25) is 0 Å². The molecule has 2 nitrogen and oxygen atoms in total. The smallest absolute Gasteiger partial charge is 0.0700 e. The van der Waals surface area contributed by atoms with Crippen LogP contribution >= 0.6 is 15.9 Å². The van der Waals surface area contributed by atoms with Crippen LogP contribution in [0, 0.1) is 0 Å². The van der Waals surface area contributed by atoms with Crippen LogP contribution in [0.1, 0.15) is 25.7 Å². The Morgan fingerprint density at radius 3 is 3.00 bits per heavy atom. The summed E-state index contributed by atoms with van der Waals surface area (Å²) in [5.74, 6) is 0. The first-order valence-corrected chi connectivity index (χ1v) is 5.12. The molecular weight excluding hydrogens is 208 g/mol. The van der Waals surface area contributed by atoms with E-state index in [1.54, 1.807) is 0 Å². The third kappa shape index (κ3) is 3.09. The zero-order valence-electron chi connectivity index (χ0n) is 6.63. The molecule has 0 aromatic rings. The van der Waals surface area contributed by atoms with Gasteiger partial charge in [-0.05, 0) is 25.7 Å². The number of hydrogen-bond acceptors (Lipinski definition) is 2. The fourth-order valence-corrected chi connectivity index (χ4v) is 2.10. The molecule has 1 N–H and O–H groups in total. The predicted molar refractivity (Wildman–Crippen MR) is 48.0 cm³/mol. The van der Waals surface area contributed by atoms with E-state index in [0.717, 1.165) is 19.4 Å². The summed E-state index contributed by atoms with van der Waals surface area (Å²) in [5.41, 5.74) is 0. The summed E-state index contributed by atoms with van der Waals surface area (Å²) >= 11 is 3.57. The normalized spacial score (nSPS) is 27.3. The average Bonchev–Trinajstić information content (AvgIpc) is 2.52. The van der Waals surface area contributed by atoms with Crippen molar-refractivity contribution in [2.45, 2.75) is 36.6 Å². The average molecular weight is 223 g/mol. The molecule has 3 heteroatoms. The molecule has 0 aliphatic carbocycles. The van der Waals surface area contributed by atoms with E-state index >= 15 is 0 Å². The van der Waals surface area contributed by atoms with Gasteiger partial charge in [0.1, 0.15) is 0 Å². The molecule has 0 aromatic carbocycles. The van der Waals surface area contributed by atoms with Gasteiger partial charge in [-0.15, -0.1) is 0 Å². The van der Waals surface area contributed by atoms with E-state index in [9.17, 15) is 0 Å². The lowest BCUT2D eigenvalue weighted by Gasteiger charge is -2.15. The number of rotatable bonds is 4. The summed E-state index contributed by atoms with van der Waals surface area (Å²) < 4.78 is 5.48. The molecule has 1 fully saturated rings. The van der Waals surface area contributed by atoms with Gasteiger partial charge in [-0.1, -0.05) is 15.9 Å². The Bertz CT molecular complexity index is 102. The van der Waals surface area contributed by atoms with Crippen LogP contribution in [-0.4, -0.2) is 29.3 Å². The maximum Gasteiger partial charge on any atom is 0.0700 e. The van der Waals surface area contributed by atoms with Crippen LogP contribution in [0.4, 0.5) is 0 Å². The zero-order valence-corrected chi connectivity index (χ0v) is 8.22. The van der Waals surface area contributed by atoms with Gasteiger partial charge < -0.3 is 9.84 Å². The minimum absolute atomic E-state index is 0.287. The van der Waals surface area contributed by atoms with Crippen LogP contribution < -0.4 is 0 Å². The van der Waals surface area contributed by atoms with Gasteiger partial charge in [0, 0.05) is 18.0 Å². The minimum Gasteiger partial charge on any atom is -0.396 e. The molecule has 1 saturated heterocycles. The Kier molecular flexibility index (Phi) is 4.41. The maximum atomic E-state index is 8.60. The highest BCUT2D eigenvalue weighted by atomic mass is 79.9. The molecule has 0 unspecified atom stereocenters. The van der Waals surface area contributed by atoms with Crippen LogP contribution in [0.15, 0.2) is 0 Å². The monoisotopic (exact) mass is 222 g/mol. The van der Waals surface area contributed by atoms with Gasteiger partial charge in [-0.3, -0.25) is 0 Å². The van der Waals surface area contributed by atoms with Gasteiger partial charge in [0.15, 0.2) is 0 Å². The van der Waals surface area contributed by atoms with Crippen molar-refractivity contribution in [2.24, 2.45) is 0 Å². The van der Waals surface area contributed by atoms with Crippen LogP contribution in [0.3, 0.4) is 0 Å². The highest BCUT2D eigenvalue weighted by Crippen LogP contribution is 2.23. The summed E-state index contributed by atoms with van der Waals surface area (Å²) in [4.78, 5) is 0.442. The molecule has 1 aliphatic heterocycles. The number of aliphatic hydroxyl groups excluding tert-OH is 1. The van der Waals surface area contributed by atoms with E-state index in [1.165, 1.54) is 12.8 Å². The Hall–Kier alpha value is 0.400. The van der Waals surface area contributed by atoms with Crippen molar-refractivity contribution in [2.75, 3.05) is 13.2 Å². The molecule has 0 spiro atoms. The van der Waals surface area contributed by atoms with Gasteiger partial charge in [-0.25, -0.2) is 0 Å². The maximum absolute atomic E-state index is 8.60. The van der Waals surface area contributed by atoms with Crippen molar-refractivity contribution >= 4 is 15.9 Å². The van der Waals surface area contributed by atoms with Crippen molar-refractivity contribution < 1.29 is 9.84 Å². The molecule has 1 heterocycles. The lowest BCUT2D eigenvalue weighted by molar-refractivity contribution is 0.106. The molecule has 1 aliphatic rings. The molecule has 66 valence electrons. The van der Waals surface area contributed by atoms with E-state index in [-0.39, 0.29) is 6.61 Å². The van der Waals surface area contributed by atoms with Crippen molar-refractivity contribution in [3.05, 3.63) is 0 Å². The molecule has 0 amide bonds. The topological polar surface area (TPSA) is 29.5 Å². The second kappa shape index (κ2) is 5.12. The number of hydrogen-bond donors (Lipinski definition) is 1. The molecule has 11 heavy (non-hydrogen) atoms. The lowest BCUT2D eigenvalue weighted by Crippen LogP contribution is -2.19. The fourth-order valence-electron chi connectivity index (χ4n) is 1.36. The van der Waals surface area contributed by atoms with Crippen LogP contribution in [0.25, 0.3) is 0 Å². The summed E-state index contributed by atoms with van der Waals surface area (Å²) in [5, 5.41) is 8.60. The molecular formula is C8H15BrO2. The predicted octanol–water partition coefficient (Wildman–Crippen LogP) is 1.70. The first kappa shape index (κ1) is 9.49. The summed E-state index contributed by atoms with van der Waals surface area (Å²) in [7, 11) is 0. The van der Waals surface area contributed by atoms with Crippen molar-refractivity contribution in [1.29, 1.82) is 0 Å². The summed E-state index contributed by atoms with van der Waals surface area (Å²) in [6.07, 6.45) is 4.63. The second-order valence-electron chi connectivity index (χ2n) is 2.93. The SMILES string of the molecule is OCCC[C@H](Br)[C@@H]1CCCO1. The Morgan fingerprint density at radius 2 is 2.45 bits per heavy atom. The van der Waals surface area contributed by atoms with Crippen LogP contribution in [-0.2, 0) is 4.74 Å². The molecule has 0 aromatic heterocycles. The van der Waals surface area contributed by atoms with Gasteiger partial charge in [-0.2, -0.15) is 0 Å². The summed E-state index contributed by atoms with van der Waals surface area (Å²) in [6.45, 7) is 1.20. The Morgan fingerprint density at radius 1 is 1.64 bits per heavy atom. The lowest BCUT2D eigenvalue weighted by atomic mass is 10.1. The van der Waals surface area contributed by atoms with Crippen LogP contribution in [0.5, 0.6) is 0 Å². The standard InChI is InChI=1S/C8H15BrO2/c9-7(3-1-5-10)8-4-2-6-11-8/h7-8,10H,1-6H2/t7-,8-/m0/s1. The van der Waals surface area contributed by atoms with E-state index in [1.807, 2.05) is 0 Å². The van der Waals surface area contributed by atoms with Crippen molar-refractivity contribution in [3.63, 3.8) is 0 Å². The third-order valence-corrected chi connectivity index (χ3v) is 3.05. The highest BCUT2D eigenvalue weighted by molar-refractivity contribution is 9.09. The number of alkyl halides is 1. The van der Waals surface area contributed by atoms with Gasteiger partial charge in [0.05, 0.1) is 6.10 Å². The number of aliphatic hydroxyl groups is 1. The van der Waals surface area contributed by atoms with Gasteiger partial charge >= 0.3 is 0 Å². The quantitative estimate of drug-likeness (QED) is 0.735. The van der Waals surface area contributed by atoms with Gasteiger partial charge in [0.25, 0.3) is 0 Å². The zero-order chi connectivity index (χ0) is 8.10. The van der Waals surface area contributed by atoms with E-state index in [4.69, 9.17) is 9.84 Å². The summed E-state index contributed by atoms with van der Waals surface area (Å²) in [6, 6.07) is 0. The largest absolute Gasteiger partial charge is 0.396 e. The van der Waals surface area contributed by atoms with Crippen molar-refractivity contribution in [1.82, 2.24) is 0 Å². The Labute approximate surface area is 76.1 Å². The first-order valence-electron chi connectivity index (χ1n) is 4.21.